The topological polar surface area (TPSA) is 40.6 Å². The molecule has 0 N–H and O–H groups in total. The van der Waals surface area contributed by atoms with Gasteiger partial charge < -0.3 is 9.80 Å². The maximum atomic E-state index is 13.4. The Kier molecular flexibility index (Phi) is 6.44. The molecule has 0 radical (unpaired) electrons. The van der Waals surface area contributed by atoms with Gasteiger partial charge in [-0.15, -0.1) is 0 Å². The summed E-state index contributed by atoms with van der Waals surface area (Å²) in [5.74, 6) is 0.487. The van der Waals surface area contributed by atoms with Crippen molar-refractivity contribution in [3.8, 4) is 0 Å². The Morgan fingerprint density at radius 1 is 1.06 bits per heavy atom. The zero-order chi connectivity index (χ0) is 23.0. The van der Waals surface area contributed by atoms with Gasteiger partial charge in [-0.05, 0) is 94.6 Å². The number of benzene rings is 1. The number of rotatable bonds is 6. The van der Waals surface area contributed by atoms with Crippen molar-refractivity contribution in [1.82, 2.24) is 9.80 Å². The maximum absolute atomic E-state index is 13.4. The van der Waals surface area contributed by atoms with E-state index in [1.165, 1.54) is 22.3 Å². The third-order valence-corrected chi connectivity index (χ3v) is 8.31. The first-order valence-electron chi connectivity index (χ1n) is 12.3. The monoisotopic (exact) mass is 434 g/mol. The molecule has 1 aromatic carbocycles. The molecule has 4 heteroatoms. The molecule has 32 heavy (non-hydrogen) atoms. The molecular weight excluding hydrogens is 396 g/mol. The lowest BCUT2D eigenvalue weighted by atomic mass is 9.77. The predicted octanol–water partition coefficient (Wildman–Crippen LogP) is 5.08. The largest absolute Gasteiger partial charge is 0.315 e. The second-order valence-corrected chi connectivity index (χ2v) is 10.1. The minimum absolute atomic E-state index is 0.205. The number of Topliss-reactive ketones (excluding diaryl/α,β-unsaturated/α-hetero) is 1. The fourth-order valence-electron chi connectivity index (χ4n) is 6.06. The van der Waals surface area contributed by atoms with Crippen LogP contribution in [0.5, 0.6) is 0 Å². The van der Waals surface area contributed by atoms with Crippen LogP contribution in [0.3, 0.4) is 0 Å². The molecule has 2 heterocycles. The van der Waals surface area contributed by atoms with Crippen LogP contribution in [0, 0.1) is 12.3 Å². The van der Waals surface area contributed by atoms with Crippen LogP contribution in [0.1, 0.15) is 75.1 Å². The number of carbonyl (C=O) groups excluding carboxylic acids is 2. The number of allylic oxidation sites excluding steroid dienone is 3. The van der Waals surface area contributed by atoms with Crippen LogP contribution < -0.4 is 0 Å². The third-order valence-electron chi connectivity index (χ3n) is 8.31. The summed E-state index contributed by atoms with van der Waals surface area (Å²) in [5, 5.41) is 0. The molecule has 2 aliphatic heterocycles. The molecule has 1 aromatic rings. The molecule has 3 aliphatic rings. The number of nitrogens with zero attached hydrogens (tertiary/aromatic N) is 2. The van der Waals surface area contributed by atoms with Crippen molar-refractivity contribution >= 4 is 17.3 Å². The molecule has 1 aliphatic carbocycles. The Labute approximate surface area is 193 Å². The molecule has 172 valence electrons. The Hall–Kier alpha value is -2.20. The third kappa shape index (κ3) is 3.98. The number of amides is 1. The first kappa shape index (κ1) is 23.0. The average molecular weight is 435 g/mol. The molecule has 4 rings (SSSR count). The van der Waals surface area contributed by atoms with E-state index in [4.69, 9.17) is 0 Å². The normalized spacial score (nSPS) is 21.3. The van der Waals surface area contributed by atoms with Crippen molar-refractivity contribution in [3.63, 3.8) is 0 Å². The summed E-state index contributed by atoms with van der Waals surface area (Å²) in [7, 11) is 0. The molecule has 0 saturated carbocycles. The lowest BCUT2D eigenvalue weighted by molar-refractivity contribution is -0.136. The van der Waals surface area contributed by atoms with Gasteiger partial charge in [-0.25, -0.2) is 0 Å². The second-order valence-electron chi connectivity index (χ2n) is 10.1. The van der Waals surface area contributed by atoms with E-state index < -0.39 is 0 Å². The van der Waals surface area contributed by atoms with Crippen molar-refractivity contribution in [1.29, 1.82) is 0 Å². The van der Waals surface area contributed by atoms with Gasteiger partial charge in [0, 0.05) is 30.8 Å². The van der Waals surface area contributed by atoms with E-state index in [0.717, 1.165) is 81.5 Å². The Morgan fingerprint density at radius 2 is 1.75 bits per heavy atom. The van der Waals surface area contributed by atoms with Crippen molar-refractivity contribution in [2.75, 3.05) is 26.2 Å². The number of carbonyl (C=O) groups is 2. The fourth-order valence-corrected chi connectivity index (χ4v) is 6.06. The van der Waals surface area contributed by atoms with Crippen molar-refractivity contribution in [3.05, 3.63) is 52.2 Å². The summed E-state index contributed by atoms with van der Waals surface area (Å²) in [5.41, 5.74) is 8.32. The van der Waals surface area contributed by atoms with E-state index in [1.54, 1.807) is 0 Å². The van der Waals surface area contributed by atoms with Gasteiger partial charge in [-0.3, -0.25) is 9.59 Å². The zero-order valence-corrected chi connectivity index (χ0v) is 20.4. The molecule has 0 aromatic heterocycles. The van der Waals surface area contributed by atoms with Crippen molar-refractivity contribution in [2.24, 2.45) is 5.41 Å². The van der Waals surface area contributed by atoms with Crippen molar-refractivity contribution in [2.45, 2.75) is 72.6 Å². The molecule has 2 fully saturated rings. The Balaban J connectivity index is 1.37. The van der Waals surface area contributed by atoms with E-state index in [0.29, 0.717) is 6.42 Å². The summed E-state index contributed by atoms with van der Waals surface area (Å²) in [6.45, 7) is 16.4. The van der Waals surface area contributed by atoms with Gasteiger partial charge >= 0.3 is 0 Å². The lowest BCUT2D eigenvalue weighted by Gasteiger charge is -2.38. The van der Waals surface area contributed by atoms with E-state index in [9.17, 15) is 9.59 Å². The average Bonchev–Trinajstić information content (AvgIpc) is 3.27. The number of hydrogen-bond acceptors (Lipinski definition) is 3. The van der Waals surface area contributed by atoms with E-state index in [-0.39, 0.29) is 17.1 Å². The van der Waals surface area contributed by atoms with E-state index in [2.05, 4.69) is 44.4 Å². The van der Waals surface area contributed by atoms with Crippen LogP contribution in [-0.4, -0.2) is 47.7 Å². The Bertz CT molecular complexity index is 979. The molecule has 1 spiro atoms. The van der Waals surface area contributed by atoms with E-state index >= 15 is 0 Å². The van der Waals surface area contributed by atoms with Crippen LogP contribution in [0.25, 0.3) is 5.57 Å². The predicted molar refractivity (Wildman–Crippen MR) is 130 cm³/mol. The molecule has 1 amide bonds. The van der Waals surface area contributed by atoms with Gasteiger partial charge in [0.25, 0.3) is 0 Å². The smallest absolute Gasteiger partial charge is 0.233 e. The SMILES string of the molecule is C=C(C)c1ccc(CCN2CCC3(CC2)CCN(C2=C(C)C(=O)CC2)C3=O)c(C)c1CC. The summed E-state index contributed by atoms with van der Waals surface area (Å²) in [6, 6.07) is 4.52. The first-order valence-corrected chi connectivity index (χ1v) is 12.3. The first-order chi connectivity index (χ1) is 15.3. The zero-order valence-electron chi connectivity index (χ0n) is 20.4. The highest BCUT2D eigenvalue weighted by Crippen LogP contribution is 2.44. The summed E-state index contributed by atoms with van der Waals surface area (Å²) in [4.78, 5) is 29.8. The molecular formula is C28H38N2O2. The highest BCUT2D eigenvalue weighted by Gasteiger charge is 2.49. The quantitative estimate of drug-likeness (QED) is 0.627. The van der Waals surface area contributed by atoms with Crippen LogP contribution in [-0.2, 0) is 22.4 Å². The number of ketones is 1. The van der Waals surface area contributed by atoms with Gasteiger partial charge in [0.2, 0.25) is 5.91 Å². The number of likely N-dealkylation sites (tertiary alicyclic amines) is 2. The lowest BCUT2D eigenvalue weighted by Crippen LogP contribution is -2.45. The summed E-state index contributed by atoms with van der Waals surface area (Å²) >= 11 is 0. The molecule has 0 bridgehead atoms. The van der Waals surface area contributed by atoms with Gasteiger partial charge in [0.1, 0.15) is 0 Å². The van der Waals surface area contributed by atoms with Crippen LogP contribution >= 0.6 is 0 Å². The summed E-state index contributed by atoms with van der Waals surface area (Å²) in [6.07, 6.45) is 6.21. The standard InChI is InChI=1S/C28H38N2O2/c1-6-23-20(4)22(7-8-24(23)19(2)3)11-15-29-16-12-28(13-17-29)14-18-30(27(28)32)25-9-10-26(31)21(25)5/h7-8H,2,6,9-18H2,1,3-5H3. The van der Waals surface area contributed by atoms with Gasteiger partial charge in [0.15, 0.2) is 5.78 Å². The molecule has 0 atom stereocenters. The number of hydrogen-bond donors (Lipinski definition) is 0. The van der Waals surface area contributed by atoms with E-state index in [1.807, 2.05) is 11.8 Å². The number of piperidine rings is 1. The van der Waals surface area contributed by atoms with Crippen LogP contribution in [0.15, 0.2) is 30.0 Å². The van der Waals surface area contributed by atoms with Crippen molar-refractivity contribution < 1.29 is 9.59 Å². The molecule has 4 nitrogen and oxygen atoms in total. The highest BCUT2D eigenvalue weighted by atomic mass is 16.2. The molecule has 0 unspecified atom stereocenters. The van der Waals surface area contributed by atoms with Gasteiger partial charge in [-0.2, -0.15) is 0 Å². The van der Waals surface area contributed by atoms with Crippen LogP contribution in [0.4, 0.5) is 0 Å². The highest BCUT2D eigenvalue weighted by molar-refractivity contribution is 5.99. The van der Waals surface area contributed by atoms with Gasteiger partial charge in [-0.1, -0.05) is 31.2 Å². The minimum Gasteiger partial charge on any atom is -0.315 e. The Morgan fingerprint density at radius 3 is 2.34 bits per heavy atom. The maximum Gasteiger partial charge on any atom is 0.233 e. The summed E-state index contributed by atoms with van der Waals surface area (Å²) < 4.78 is 0. The molecule has 2 saturated heterocycles. The van der Waals surface area contributed by atoms with Gasteiger partial charge in [0.05, 0.1) is 5.41 Å². The van der Waals surface area contributed by atoms with Crippen LogP contribution in [0.2, 0.25) is 0 Å². The second kappa shape index (κ2) is 8.97. The minimum atomic E-state index is -0.205. The fraction of sp³-hybridized carbons (Fsp3) is 0.571.